The number of carbonyl (C=O) groups excluding carboxylic acids is 1. The van der Waals surface area contributed by atoms with Gasteiger partial charge < -0.3 is 10.2 Å². The molecule has 3 rings (SSSR count). The number of sulfonamides is 1. The number of thiophene rings is 1. The van der Waals surface area contributed by atoms with Gasteiger partial charge in [0.15, 0.2) is 0 Å². The van der Waals surface area contributed by atoms with Crippen LogP contribution in [0.15, 0.2) is 16.3 Å². The van der Waals surface area contributed by atoms with Crippen LogP contribution in [0.2, 0.25) is 4.34 Å². The predicted octanol–water partition coefficient (Wildman–Crippen LogP) is 1.90. The van der Waals surface area contributed by atoms with E-state index in [1.807, 2.05) is 4.90 Å². The highest BCUT2D eigenvalue weighted by Crippen LogP contribution is 2.34. The average Bonchev–Trinajstić information content (AvgIpc) is 3.29. The molecule has 1 atom stereocenters. The Morgan fingerprint density at radius 1 is 1.27 bits per heavy atom. The number of nitrogens with zero attached hydrogens (tertiary/aromatic N) is 3. The first-order chi connectivity index (χ1) is 12.3. The normalized spacial score (nSPS) is 25.6. The molecule has 2 saturated heterocycles. The molecule has 0 bridgehead atoms. The SMILES string of the molecule is CC[C@@]1(N2CCN(S(=O)(=O)c3ccc(Cl)s3)CC2)CCN(C(=O)NC)C1. The third-order valence-electron chi connectivity index (χ3n) is 5.54. The molecule has 7 nitrogen and oxygen atoms in total. The van der Waals surface area contributed by atoms with Crippen LogP contribution in [0.4, 0.5) is 4.79 Å². The Kier molecular flexibility index (Phi) is 5.83. The van der Waals surface area contributed by atoms with Crippen LogP contribution in [0.5, 0.6) is 0 Å². The lowest BCUT2D eigenvalue weighted by atomic mass is 9.92. The molecular formula is C16H25ClN4O3S2. The highest BCUT2D eigenvalue weighted by molar-refractivity contribution is 7.91. The number of carbonyl (C=O) groups is 1. The van der Waals surface area contributed by atoms with E-state index in [4.69, 9.17) is 11.6 Å². The molecule has 10 heteroatoms. The van der Waals surface area contributed by atoms with Gasteiger partial charge in [0.25, 0.3) is 10.0 Å². The summed E-state index contributed by atoms with van der Waals surface area (Å²) < 4.78 is 27.8. The molecule has 146 valence electrons. The smallest absolute Gasteiger partial charge is 0.317 e. The van der Waals surface area contributed by atoms with Gasteiger partial charge in [0.2, 0.25) is 0 Å². The monoisotopic (exact) mass is 420 g/mol. The molecular weight excluding hydrogens is 396 g/mol. The van der Waals surface area contributed by atoms with E-state index in [1.54, 1.807) is 23.5 Å². The Hall–Kier alpha value is -0.870. The highest BCUT2D eigenvalue weighted by Gasteiger charge is 2.44. The van der Waals surface area contributed by atoms with Crippen molar-refractivity contribution in [3.63, 3.8) is 0 Å². The fraction of sp³-hybridized carbons (Fsp3) is 0.688. The zero-order chi connectivity index (χ0) is 18.9. The van der Waals surface area contributed by atoms with Crippen LogP contribution in [-0.4, -0.2) is 80.4 Å². The third kappa shape index (κ3) is 3.60. The van der Waals surface area contributed by atoms with Crippen molar-refractivity contribution in [1.82, 2.24) is 19.4 Å². The van der Waals surface area contributed by atoms with Crippen molar-refractivity contribution >= 4 is 39.0 Å². The van der Waals surface area contributed by atoms with Gasteiger partial charge in [0, 0.05) is 51.9 Å². The van der Waals surface area contributed by atoms with Crippen molar-refractivity contribution in [2.45, 2.75) is 29.5 Å². The molecule has 0 radical (unpaired) electrons. The minimum absolute atomic E-state index is 0.0453. The number of piperazine rings is 1. The molecule has 2 amide bonds. The van der Waals surface area contributed by atoms with Crippen molar-refractivity contribution < 1.29 is 13.2 Å². The first-order valence-electron chi connectivity index (χ1n) is 8.79. The van der Waals surface area contributed by atoms with E-state index in [9.17, 15) is 13.2 Å². The van der Waals surface area contributed by atoms with Gasteiger partial charge in [-0.05, 0) is 25.0 Å². The van der Waals surface area contributed by atoms with E-state index >= 15 is 0 Å². The molecule has 1 aromatic rings. The minimum Gasteiger partial charge on any atom is -0.341 e. The largest absolute Gasteiger partial charge is 0.341 e. The lowest BCUT2D eigenvalue weighted by Crippen LogP contribution is -2.59. The number of hydrogen-bond donors (Lipinski definition) is 1. The van der Waals surface area contributed by atoms with Crippen LogP contribution in [0, 0.1) is 0 Å². The Balaban J connectivity index is 1.67. The molecule has 0 unspecified atom stereocenters. The van der Waals surface area contributed by atoms with Gasteiger partial charge in [0.05, 0.1) is 4.34 Å². The lowest BCUT2D eigenvalue weighted by molar-refractivity contribution is 0.0575. The second-order valence-corrected chi connectivity index (χ2v) is 10.6. The van der Waals surface area contributed by atoms with E-state index in [2.05, 4.69) is 17.1 Å². The average molecular weight is 421 g/mol. The van der Waals surface area contributed by atoms with Gasteiger partial charge in [0.1, 0.15) is 4.21 Å². The maximum absolute atomic E-state index is 12.8. The molecule has 0 saturated carbocycles. The van der Waals surface area contributed by atoms with Crippen molar-refractivity contribution in [2.75, 3.05) is 46.3 Å². The Labute approximate surface area is 163 Å². The fourth-order valence-electron chi connectivity index (χ4n) is 3.92. The second kappa shape index (κ2) is 7.63. The van der Waals surface area contributed by atoms with E-state index in [0.717, 1.165) is 30.7 Å². The highest BCUT2D eigenvalue weighted by atomic mass is 35.5. The first kappa shape index (κ1) is 19.9. The van der Waals surface area contributed by atoms with Crippen molar-refractivity contribution in [3.8, 4) is 0 Å². The summed E-state index contributed by atoms with van der Waals surface area (Å²) in [5, 5.41) is 2.69. The predicted molar refractivity (Wildman–Crippen MR) is 103 cm³/mol. The summed E-state index contributed by atoms with van der Waals surface area (Å²) in [6.07, 6.45) is 1.86. The maximum Gasteiger partial charge on any atom is 0.317 e. The maximum atomic E-state index is 12.8. The van der Waals surface area contributed by atoms with E-state index in [0.29, 0.717) is 41.3 Å². The Morgan fingerprint density at radius 2 is 1.96 bits per heavy atom. The number of halogens is 1. The van der Waals surface area contributed by atoms with Crippen molar-refractivity contribution in [3.05, 3.63) is 16.5 Å². The Bertz CT molecular complexity index is 761. The van der Waals surface area contributed by atoms with Gasteiger partial charge in [-0.1, -0.05) is 18.5 Å². The standard InChI is InChI=1S/C16H25ClN4O3S2/c1-3-16(6-7-19(12-16)15(22)18-2)20-8-10-21(11-9-20)26(23,24)14-5-4-13(17)25-14/h4-5H,3,6-12H2,1-2H3,(H,18,22)/t16-/m1/s1. The summed E-state index contributed by atoms with van der Waals surface area (Å²) in [7, 11) is -1.83. The molecule has 3 heterocycles. The van der Waals surface area contributed by atoms with E-state index < -0.39 is 10.0 Å². The lowest BCUT2D eigenvalue weighted by Gasteiger charge is -2.45. The van der Waals surface area contributed by atoms with Crippen molar-refractivity contribution in [1.29, 1.82) is 0 Å². The number of nitrogens with one attached hydrogen (secondary N) is 1. The minimum atomic E-state index is -3.48. The van der Waals surface area contributed by atoms with Crippen molar-refractivity contribution in [2.24, 2.45) is 0 Å². The summed E-state index contributed by atoms with van der Waals surface area (Å²) >= 11 is 6.99. The first-order valence-corrected chi connectivity index (χ1v) is 11.4. The molecule has 0 spiro atoms. The van der Waals surface area contributed by atoms with Gasteiger partial charge in [-0.25, -0.2) is 13.2 Å². The summed E-state index contributed by atoms with van der Waals surface area (Å²) in [5.74, 6) is 0. The number of rotatable bonds is 4. The van der Waals surface area contributed by atoms with Gasteiger partial charge in [-0.15, -0.1) is 11.3 Å². The second-order valence-electron chi connectivity index (χ2n) is 6.75. The van der Waals surface area contributed by atoms with Crippen LogP contribution in [0.3, 0.4) is 0 Å². The van der Waals surface area contributed by atoms with Gasteiger partial charge in [-0.2, -0.15) is 4.31 Å². The topological polar surface area (TPSA) is 73.0 Å². The molecule has 1 N–H and O–H groups in total. The van der Waals surface area contributed by atoms with Gasteiger partial charge >= 0.3 is 6.03 Å². The van der Waals surface area contributed by atoms with Crippen LogP contribution in [0.1, 0.15) is 19.8 Å². The van der Waals surface area contributed by atoms with Crippen LogP contribution >= 0.6 is 22.9 Å². The quantitative estimate of drug-likeness (QED) is 0.807. The third-order valence-corrected chi connectivity index (χ3v) is 9.14. The molecule has 0 aliphatic carbocycles. The number of amides is 2. The number of likely N-dealkylation sites (tertiary alicyclic amines) is 1. The van der Waals surface area contributed by atoms with Crippen LogP contribution in [-0.2, 0) is 10.0 Å². The summed E-state index contributed by atoms with van der Waals surface area (Å²) in [6.45, 7) is 5.83. The molecule has 26 heavy (non-hydrogen) atoms. The molecule has 1 aromatic heterocycles. The molecule has 2 fully saturated rings. The van der Waals surface area contributed by atoms with E-state index in [1.165, 1.54) is 0 Å². The van der Waals surface area contributed by atoms with Crippen LogP contribution < -0.4 is 5.32 Å². The molecule has 0 aromatic carbocycles. The van der Waals surface area contributed by atoms with Crippen LogP contribution in [0.25, 0.3) is 0 Å². The zero-order valence-electron chi connectivity index (χ0n) is 15.1. The van der Waals surface area contributed by atoms with Gasteiger partial charge in [-0.3, -0.25) is 4.90 Å². The summed E-state index contributed by atoms with van der Waals surface area (Å²) in [6, 6.07) is 3.14. The fourth-order valence-corrected chi connectivity index (χ4v) is 6.98. The number of hydrogen-bond acceptors (Lipinski definition) is 5. The van der Waals surface area contributed by atoms with E-state index in [-0.39, 0.29) is 11.6 Å². The summed E-state index contributed by atoms with van der Waals surface area (Å²) in [5.41, 5.74) is -0.0609. The summed E-state index contributed by atoms with van der Waals surface area (Å²) in [4.78, 5) is 16.2. The zero-order valence-corrected chi connectivity index (χ0v) is 17.5. The Morgan fingerprint density at radius 3 is 2.50 bits per heavy atom. The molecule has 2 aliphatic rings. The molecule has 2 aliphatic heterocycles. The number of urea groups is 1.